The first-order valence-electron chi connectivity index (χ1n) is 4.74. The first-order valence-corrected chi connectivity index (χ1v) is 4.74. The van der Waals surface area contributed by atoms with E-state index in [9.17, 15) is 4.39 Å². The van der Waals surface area contributed by atoms with Gasteiger partial charge in [0.05, 0.1) is 5.69 Å². The number of benzene rings is 1. The number of halogens is 1. The van der Waals surface area contributed by atoms with Gasteiger partial charge in [0.25, 0.3) is 0 Å². The highest BCUT2D eigenvalue weighted by Gasteiger charge is 2.00. The lowest BCUT2D eigenvalue weighted by atomic mass is 10.1. The zero-order chi connectivity index (χ0) is 9.68. The summed E-state index contributed by atoms with van der Waals surface area (Å²) in [5.41, 5.74) is 1.65. The fourth-order valence-corrected chi connectivity index (χ4v) is 1.30. The molecule has 72 valence electrons. The van der Waals surface area contributed by atoms with Gasteiger partial charge < -0.3 is 5.32 Å². The van der Waals surface area contributed by atoms with Gasteiger partial charge in [-0.3, -0.25) is 0 Å². The van der Waals surface area contributed by atoms with Crippen LogP contribution in [-0.2, 0) is 6.42 Å². The van der Waals surface area contributed by atoms with Gasteiger partial charge in [-0.25, -0.2) is 4.39 Å². The number of anilines is 1. The highest BCUT2D eigenvalue weighted by atomic mass is 19.1. The Balaban J connectivity index is 2.71. The molecule has 1 rings (SSSR count). The second kappa shape index (κ2) is 4.85. The molecule has 1 aromatic rings. The number of aryl methyl sites for hydroxylation is 1. The summed E-state index contributed by atoms with van der Waals surface area (Å²) in [7, 11) is 1.73. The van der Waals surface area contributed by atoms with Crippen molar-refractivity contribution in [1.82, 2.24) is 0 Å². The molecule has 0 fully saturated rings. The van der Waals surface area contributed by atoms with Gasteiger partial charge in [-0.15, -0.1) is 0 Å². The van der Waals surface area contributed by atoms with E-state index in [0.29, 0.717) is 5.69 Å². The predicted octanol–water partition coefficient (Wildman–Crippen LogP) is 3.21. The number of nitrogens with one attached hydrogen (secondary N) is 1. The van der Waals surface area contributed by atoms with E-state index in [1.54, 1.807) is 19.2 Å². The van der Waals surface area contributed by atoms with E-state index >= 15 is 0 Å². The summed E-state index contributed by atoms with van der Waals surface area (Å²) in [6, 6.07) is 5.38. The summed E-state index contributed by atoms with van der Waals surface area (Å²) >= 11 is 0. The summed E-state index contributed by atoms with van der Waals surface area (Å²) in [5, 5.41) is 2.80. The standard InChI is InChI=1S/C11H16FN/c1-3-4-5-9-6-7-11(13-2)10(12)8-9/h6-8,13H,3-5H2,1-2H3. The number of hydrogen-bond donors (Lipinski definition) is 1. The van der Waals surface area contributed by atoms with Crippen LogP contribution in [0.2, 0.25) is 0 Å². The Labute approximate surface area is 79.0 Å². The van der Waals surface area contributed by atoms with E-state index in [1.807, 2.05) is 6.07 Å². The van der Waals surface area contributed by atoms with E-state index in [4.69, 9.17) is 0 Å². The van der Waals surface area contributed by atoms with Crippen LogP contribution in [0.3, 0.4) is 0 Å². The van der Waals surface area contributed by atoms with Gasteiger partial charge in [0, 0.05) is 7.05 Å². The highest BCUT2D eigenvalue weighted by molar-refractivity contribution is 5.45. The molecule has 0 aromatic heterocycles. The zero-order valence-corrected chi connectivity index (χ0v) is 8.23. The molecule has 0 aliphatic heterocycles. The normalized spacial score (nSPS) is 10.1. The first-order chi connectivity index (χ1) is 6.27. The van der Waals surface area contributed by atoms with Gasteiger partial charge in [0.1, 0.15) is 5.82 Å². The largest absolute Gasteiger partial charge is 0.386 e. The molecule has 0 radical (unpaired) electrons. The van der Waals surface area contributed by atoms with Crippen LogP contribution in [0.15, 0.2) is 18.2 Å². The van der Waals surface area contributed by atoms with Gasteiger partial charge in [-0.2, -0.15) is 0 Å². The molecule has 1 N–H and O–H groups in total. The molecule has 0 aliphatic rings. The van der Waals surface area contributed by atoms with E-state index in [-0.39, 0.29) is 5.82 Å². The van der Waals surface area contributed by atoms with Crippen LogP contribution in [0.25, 0.3) is 0 Å². The van der Waals surface area contributed by atoms with Crippen molar-refractivity contribution in [3.8, 4) is 0 Å². The smallest absolute Gasteiger partial charge is 0.146 e. The summed E-state index contributed by atoms with van der Waals surface area (Å²) in [4.78, 5) is 0. The Bertz CT molecular complexity index is 271. The minimum Gasteiger partial charge on any atom is -0.386 e. The van der Waals surface area contributed by atoms with E-state index in [0.717, 1.165) is 24.8 Å². The molecule has 0 atom stereocenters. The van der Waals surface area contributed by atoms with E-state index in [2.05, 4.69) is 12.2 Å². The topological polar surface area (TPSA) is 12.0 Å². The molecule has 0 unspecified atom stereocenters. The number of rotatable bonds is 4. The SMILES string of the molecule is CCCCc1ccc(NC)c(F)c1. The highest BCUT2D eigenvalue weighted by Crippen LogP contribution is 2.16. The molecule has 0 spiro atoms. The fourth-order valence-electron chi connectivity index (χ4n) is 1.30. The van der Waals surface area contributed by atoms with Gasteiger partial charge in [-0.1, -0.05) is 19.4 Å². The molecule has 1 aromatic carbocycles. The Morgan fingerprint density at radius 2 is 2.15 bits per heavy atom. The monoisotopic (exact) mass is 181 g/mol. The van der Waals surface area contributed by atoms with Crippen LogP contribution in [0.5, 0.6) is 0 Å². The van der Waals surface area contributed by atoms with E-state index < -0.39 is 0 Å². The second-order valence-electron chi connectivity index (χ2n) is 3.17. The maximum atomic E-state index is 13.2. The molecule has 0 amide bonds. The first kappa shape index (κ1) is 10.0. The molecule has 0 saturated carbocycles. The fraction of sp³-hybridized carbons (Fsp3) is 0.455. The molecular weight excluding hydrogens is 165 g/mol. The summed E-state index contributed by atoms with van der Waals surface area (Å²) < 4.78 is 13.2. The Morgan fingerprint density at radius 1 is 1.38 bits per heavy atom. The quantitative estimate of drug-likeness (QED) is 0.752. The molecular formula is C11H16FN. The molecule has 1 nitrogen and oxygen atoms in total. The van der Waals surface area contributed by atoms with Crippen molar-refractivity contribution in [2.75, 3.05) is 12.4 Å². The third kappa shape index (κ3) is 2.72. The van der Waals surface area contributed by atoms with Crippen LogP contribution in [0, 0.1) is 5.82 Å². The van der Waals surface area contributed by atoms with Crippen LogP contribution in [0.1, 0.15) is 25.3 Å². The van der Waals surface area contributed by atoms with Gasteiger partial charge in [0.15, 0.2) is 0 Å². The van der Waals surface area contributed by atoms with Crippen molar-refractivity contribution in [3.63, 3.8) is 0 Å². The number of hydrogen-bond acceptors (Lipinski definition) is 1. The average Bonchev–Trinajstić information content (AvgIpc) is 2.15. The summed E-state index contributed by atoms with van der Waals surface area (Å²) in [6.45, 7) is 2.14. The lowest BCUT2D eigenvalue weighted by Crippen LogP contribution is -1.94. The molecule has 0 aliphatic carbocycles. The van der Waals surface area contributed by atoms with Crippen LogP contribution >= 0.6 is 0 Å². The van der Waals surface area contributed by atoms with Crippen LogP contribution < -0.4 is 5.32 Å². The van der Waals surface area contributed by atoms with Crippen molar-refractivity contribution in [2.24, 2.45) is 0 Å². The van der Waals surface area contributed by atoms with Gasteiger partial charge in [-0.05, 0) is 30.5 Å². The molecule has 0 saturated heterocycles. The molecule has 13 heavy (non-hydrogen) atoms. The summed E-state index contributed by atoms with van der Waals surface area (Å²) in [5.74, 6) is -0.156. The third-order valence-corrected chi connectivity index (χ3v) is 2.12. The Kier molecular flexibility index (Phi) is 3.74. The van der Waals surface area contributed by atoms with Crippen molar-refractivity contribution in [3.05, 3.63) is 29.6 Å². The molecule has 2 heteroatoms. The zero-order valence-electron chi connectivity index (χ0n) is 8.23. The number of unbranched alkanes of at least 4 members (excludes halogenated alkanes) is 1. The minimum absolute atomic E-state index is 0.156. The lowest BCUT2D eigenvalue weighted by molar-refractivity contribution is 0.627. The predicted molar refractivity (Wildman–Crippen MR) is 54.6 cm³/mol. The van der Waals surface area contributed by atoms with Crippen molar-refractivity contribution in [1.29, 1.82) is 0 Å². The maximum absolute atomic E-state index is 13.2. The third-order valence-electron chi connectivity index (χ3n) is 2.12. The second-order valence-corrected chi connectivity index (χ2v) is 3.17. The van der Waals surface area contributed by atoms with Gasteiger partial charge in [0.2, 0.25) is 0 Å². The van der Waals surface area contributed by atoms with Crippen LogP contribution in [-0.4, -0.2) is 7.05 Å². The summed E-state index contributed by atoms with van der Waals surface area (Å²) in [6.07, 6.45) is 3.24. The molecule has 0 bridgehead atoms. The van der Waals surface area contributed by atoms with Crippen molar-refractivity contribution >= 4 is 5.69 Å². The van der Waals surface area contributed by atoms with Gasteiger partial charge >= 0.3 is 0 Å². The Hall–Kier alpha value is -1.05. The molecule has 0 heterocycles. The van der Waals surface area contributed by atoms with Crippen LogP contribution in [0.4, 0.5) is 10.1 Å². The van der Waals surface area contributed by atoms with Crippen molar-refractivity contribution < 1.29 is 4.39 Å². The minimum atomic E-state index is -0.156. The lowest BCUT2D eigenvalue weighted by Gasteiger charge is -2.04. The average molecular weight is 181 g/mol. The van der Waals surface area contributed by atoms with E-state index in [1.165, 1.54) is 0 Å². The maximum Gasteiger partial charge on any atom is 0.146 e. The Morgan fingerprint density at radius 3 is 2.69 bits per heavy atom. The van der Waals surface area contributed by atoms with Crippen molar-refractivity contribution in [2.45, 2.75) is 26.2 Å².